The quantitative estimate of drug-likeness (QED) is 0.873. The molecule has 1 aliphatic rings. The van der Waals surface area contributed by atoms with Crippen molar-refractivity contribution in [1.29, 1.82) is 0 Å². The second kappa shape index (κ2) is 5.37. The molecule has 20 heavy (non-hydrogen) atoms. The molecule has 0 aromatic heterocycles. The van der Waals surface area contributed by atoms with Gasteiger partial charge < -0.3 is 5.32 Å². The highest BCUT2D eigenvalue weighted by Crippen LogP contribution is 2.51. The van der Waals surface area contributed by atoms with Crippen molar-refractivity contribution < 1.29 is 4.39 Å². The molecule has 0 aliphatic heterocycles. The molecule has 2 aromatic rings. The summed E-state index contributed by atoms with van der Waals surface area (Å²) in [6, 6.07) is 18.0. The Morgan fingerprint density at radius 1 is 1.05 bits per heavy atom. The maximum atomic E-state index is 13.9. The zero-order valence-electron chi connectivity index (χ0n) is 11.8. The fourth-order valence-electron chi connectivity index (χ4n) is 3.20. The summed E-state index contributed by atoms with van der Waals surface area (Å²) in [6.07, 6.45) is 3.09. The summed E-state index contributed by atoms with van der Waals surface area (Å²) in [7, 11) is 1.98. The zero-order chi connectivity index (χ0) is 14.0. The summed E-state index contributed by atoms with van der Waals surface area (Å²) in [5.74, 6) is -0.100. The third kappa shape index (κ3) is 2.36. The summed E-state index contributed by atoms with van der Waals surface area (Å²) in [6.45, 7) is 0. The van der Waals surface area contributed by atoms with Crippen molar-refractivity contribution in [2.45, 2.75) is 30.7 Å². The predicted octanol–water partition coefficient (Wildman–Crippen LogP) is 3.69. The van der Waals surface area contributed by atoms with Gasteiger partial charge in [0.15, 0.2) is 0 Å². The molecule has 0 amide bonds. The SMILES string of the molecule is CNC(Cc1ccccc1F)C1(c2ccccc2)CC1. The largest absolute Gasteiger partial charge is 0.316 e. The van der Waals surface area contributed by atoms with E-state index in [1.165, 1.54) is 18.4 Å². The van der Waals surface area contributed by atoms with Crippen molar-refractivity contribution in [1.82, 2.24) is 5.32 Å². The summed E-state index contributed by atoms with van der Waals surface area (Å²) in [5, 5.41) is 3.41. The average Bonchev–Trinajstić information content (AvgIpc) is 3.29. The number of nitrogens with one attached hydrogen (secondary N) is 1. The number of rotatable bonds is 5. The molecular formula is C18H20FN. The minimum absolute atomic E-state index is 0.100. The fourth-order valence-corrected chi connectivity index (χ4v) is 3.20. The molecule has 104 valence electrons. The first kappa shape index (κ1) is 13.3. The van der Waals surface area contributed by atoms with E-state index >= 15 is 0 Å². The third-order valence-electron chi connectivity index (χ3n) is 4.53. The Labute approximate surface area is 119 Å². The lowest BCUT2D eigenvalue weighted by Gasteiger charge is -2.27. The Bertz CT molecular complexity index is 575. The van der Waals surface area contributed by atoms with Gasteiger partial charge >= 0.3 is 0 Å². The van der Waals surface area contributed by atoms with Crippen LogP contribution in [0.5, 0.6) is 0 Å². The smallest absolute Gasteiger partial charge is 0.126 e. The van der Waals surface area contributed by atoms with Crippen LogP contribution in [0.3, 0.4) is 0 Å². The van der Waals surface area contributed by atoms with Gasteiger partial charge in [-0.15, -0.1) is 0 Å². The van der Waals surface area contributed by atoms with Crippen LogP contribution in [-0.4, -0.2) is 13.1 Å². The van der Waals surface area contributed by atoms with Crippen LogP contribution in [0, 0.1) is 5.82 Å². The third-order valence-corrected chi connectivity index (χ3v) is 4.53. The number of likely N-dealkylation sites (N-methyl/N-ethyl adjacent to an activating group) is 1. The van der Waals surface area contributed by atoms with Crippen molar-refractivity contribution in [3.8, 4) is 0 Å². The molecule has 1 unspecified atom stereocenters. The fraction of sp³-hybridized carbons (Fsp3) is 0.333. The van der Waals surface area contributed by atoms with Crippen LogP contribution in [0.25, 0.3) is 0 Å². The van der Waals surface area contributed by atoms with Crippen molar-refractivity contribution >= 4 is 0 Å². The van der Waals surface area contributed by atoms with E-state index in [9.17, 15) is 4.39 Å². The molecule has 2 heteroatoms. The Balaban J connectivity index is 1.86. The normalized spacial score (nSPS) is 17.7. The molecule has 1 atom stereocenters. The van der Waals surface area contributed by atoms with Gasteiger partial charge in [0, 0.05) is 11.5 Å². The average molecular weight is 269 g/mol. The first-order valence-corrected chi connectivity index (χ1v) is 7.22. The van der Waals surface area contributed by atoms with Gasteiger partial charge in [0.25, 0.3) is 0 Å². The van der Waals surface area contributed by atoms with E-state index in [1.54, 1.807) is 12.1 Å². The number of halogens is 1. The Morgan fingerprint density at radius 2 is 1.70 bits per heavy atom. The molecule has 3 rings (SSSR count). The monoisotopic (exact) mass is 269 g/mol. The van der Waals surface area contributed by atoms with Crippen LogP contribution < -0.4 is 5.32 Å². The minimum Gasteiger partial charge on any atom is -0.316 e. The van der Waals surface area contributed by atoms with E-state index < -0.39 is 0 Å². The van der Waals surface area contributed by atoms with Gasteiger partial charge in [0.05, 0.1) is 0 Å². The van der Waals surface area contributed by atoms with Gasteiger partial charge in [0.1, 0.15) is 5.82 Å². The molecule has 0 saturated heterocycles. The molecule has 1 aliphatic carbocycles. The topological polar surface area (TPSA) is 12.0 Å². The molecule has 0 bridgehead atoms. The summed E-state index contributed by atoms with van der Waals surface area (Å²) < 4.78 is 13.9. The molecule has 0 heterocycles. The van der Waals surface area contributed by atoms with Crippen LogP contribution in [0.2, 0.25) is 0 Å². The molecule has 1 fully saturated rings. The number of benzene rings is 2. The molecule has 1 N–H and O–H groups in total. The lowest BCUT2D eigenvalue weighted by molar-refractivity contribution is 0.435. The second-order valence-corrected chi connectivity index (χ2v) is 5.66. The standard InChI is InChI=1S/C18H20FN/c1-20-17(13-14-7-5-6-10-16(14)19)18(11-12-18)15-8-3-2-4-9-15/h2-10,17,20H,11-13H2,1H3. The van der Waals surface area contributed by atoms with Gasteiger partial charge in [-0.3, -0.25) is 0 Å². The molecule has 1 saturated carbocycles. The highest BCUT2D eigenvalue weighted by Gasteiger charge is 2.49. The van der Waals surface area contributed by atoms with Gasteiger partial charge in [0.2, 0.25) is 0 Å². The van der Waals surface area contributed by atoms with Crippen molar-refractivity contribution in [3.63, 3.8) is 0 Å². The summed E-state index contributed by atoms with van der Waals surface area (Å²) in [4.78, 5) is 0. The molecule has 0 radical (unpaired) electrons. The second-order valence-electron chi connectivity index (χ2n) is 5.66. The molecular weight excluding hydrogens is 249 g/mol. The first-order chi connectivity index (χ1) is 9.76. The highest BCUT2D eigenvalue weighted by atomic mass is 19.1. The van der Waals surface area contributed by atoms with Crippen LogP contribution in [0.15, 0.2) is 54.6 Å². The van der Waals surface area contributed by atoms with Crippen LogP contribution in [-0.2, 0) is 11.8 Å². The molecule has 1 nitrogen and oxygen atoms in total. The van der Waals surface area contributed by atoms with Gasteiger partial charge in [-0.05, 0) is 43.5 Å². The van der Waals surface area contributed by atoms with Crippen molar-refractivity contribution in [3.05, 3.63) is 71.5 Å². The van der Waals surface area contributed by atoms with Crippen molar-refractivity contribution in [2.75, 3.05) is 7.05 Å². The lowest BCUT2D eigenvalue weighted by atomic mass is 9.84. The predicted molar refractivity (Wildman–Crippen MR) is 80.3 cm³/mol. The minimum atomic E-state index is -0.100. The van der Waals surface area contributed by atoms with Gasteiger partial charge in [-0.1, -0.05) is 48.5 Å². The zero-order valence-corrected chi connectivity index (χ0v) is 11.8. The Kier molecular flexibility index (Phi) is 3.58. The maximum absolute atomic E-state index is 13.9. The van der Waals surface area contributed by atoms with E-state index in [4.69, 9.17) is 0 Å². The first-order valence-electron chi connectivity index (χ1n) is 7.22. The van der Waals surface area contributed by atoms with E-state index in [2.05, 4.69) is 29.6 Å². The summed E-state index contributed by atoms with van der Waals surface area (Å²) >= 11 is 0. The van der Waals surface area contributed by atoms with Gasteiger partial charge in [-0.2, -0.15) is 0 Å². The lowest BCUT2D eigenvalue weighted by Crippen LogP contribution is -2.39. The van der Waals surface area contributed by atoms with E-state index in [0.29, 0.717) is 0 Å². The van der Waals surface area contributed by atoms with Gasteiger partial charge in [-0.25, -0.2) is 4.39 Å². The van der Waals surface area contributed by atoms with E-state index in [1.807, 2.05) is 25.2 Å². The summed E-state index contributed by atoms with van der Waals surface area (Å²) in [5.41, 5.74) is 2.35. The molecule has 0 spiro atoms. The van der Waals surface area contributed by atoms with E-state index in [0.717, 1.165) is 12.0 Å². The van der Waals surface area contributed by atoms with Crippen molar-refractivity contribution in [2.24, 2.45) is 0 Å². The van der Waals surface area contributed by atoms with Crippen LogP contribution >= 0.6 is 0 Å². The number of hydrogen-bond acceptors (Lipinski definition) is 1. The maximum Gasteiger partial charge on any atom is 0.126 e. The van der Waals surface area contributed by atoms with E-state index in [-0.39, 0.29) is 17.3 Å². The Hall–Kier alpha value is -1.67. The highest BCUT2D eigenvalue weighted by molar-refractivity contribution is 5.35. The van der Waals surface area contributed by atoms with Crippen LogP contribution in [0.4, 0.5) is 4.39 Å². The molecule has 2 aromatic carbocycles. The number of hydrogen-bond donors (Lipinski definition) is 1. The Morgan fingerprint density at radius 3 is 2.30 bits per heavy atom. The van der Waals surface area contributed by atoms with Crippen LogP contribution in [0.1, 0.15) is 24.0 Å².